The van der Waals surface area contributed by atoms with E-state index in [0.717, 1.165) is 30.7 Å². The fraction of sp³-hybridized carbons (Fsp3) is 0.412. The summed E-state index contributed by atoms with van der Waals surface area (Å²) in [5.74, 6) is 0.600. The summed E-state index contributed by atoms with van der Waals surface area (Å²) in [6.45, 7) is 1.87. The zero-order valence-electron chi connectivity index (χ0n) is 13.0. The number of aromatic nitrogens is 1. The summed E-state index contributed by atoms with van der Waals surface area (Å²) < 4.78 is 10.9. The van der Waals surface area contributed by atoms with E-state index in [2.05, 4.69) is 15.6 Å². The average molecular weight is 315 g/mol. The van der Waals surface area contributed by atoms with Crippen LogP contribution in [0.2, 0.25) is 0 Å². The van der Waals surface area contributed by atoms with Crippen molar-refractivity contribution in [1.82, 2.24) is 15.6 Å². The number of carbonyl (C=O) groups excluding carboxylic acids is 1. The normalized spacial score (nSPS) is 17.1. The van der Waals surface area contributed by atoms with Crippen molar-refractivity contribution in [2.75, 3.05) is 19.7 Å². The number of benzene rings is 1. The fourth-order valence-corrected chi connectivity index (χ4v) is 2.51. The first kappa shape index (κ1) is 15.6. The number of nitrogens with zero attached hydrogens (tertiary/aromatic N) is 1. The van der Waals surface area contributed by atoms with Gasteiger partial charge in [0.05, 0.1) is 11.8 Å². The van der Waals surface area contributed by atoms with Crippen LogP contribution in [0.3, 0.4) is 0 Å². The third-order valence-corrected chi connectivity index (χ3v) is 3.75. The van der Waals surface area contributed by atoms with E-state index in [4.69, 9.17) is 9.15 Å². The fourth-order valence-electron chi connectivity index (χ4n) is 2.51. The molecule has 1 aliphatic heterocycles. The van der Waals surface area contributed by atoms with Crippen LogP contribution in [0.15, 0.2) is 41.0 Å². The van der Waals surface area contributed by atoms with Gasteiger partial charge in [0.15, 0.2) is 0 Å². The predicted octanol–water partition coefficient (Wildman–Crippen LogP) is 2.36. The number of nitrogens with one attached hydrogen (secondary N) is 2. The highest BCUT2D eigenvalue weighted by Crippen LogP contribution is 2.17. The Morgan fingerprint density at radius 3 is 2.91 bits per heavy atom. The molecule has 2 amide bonds. The largest absolute Gasteiger partial charge is 0.444 e. The first-order valence-corrected chi connectivity index (χ1v) is 7.94. The summed E-state index contributed by atoms with van der Waals surface area (Å²) in [6.07, 6.45) is 4.51. The predicted molar refractivity (Wildman–Crippen MR) is 86.0 cm³/mol. The molecule has 6 nitrogen and oxygen atoms in total. The van der Waals surface area contributed by atoms with Crippen molar-refractivity contribution in [2.24, 2.45) is 0 Å². The standard InChI is InChI=1S/C17H21N3O3/c21-17(19-11-15-7-4-10-22-15)18-9-8-14-12-23-16(20-14)13-5-2-1-3-6-13/h1-3,5-6,12,15H,4,7-11H2,(H2,18,19,21). The van der Waals surface area contributed by atoms with Gasteiger partial charge in [0, 0.05) is 31.7 Å². The lowest BCUT2D eigenvalue weighted by Gasteiger charge is -2.11. The van der Waals surface area contributed by atoms with Gasteiger partial charge in [-0.3, -0.25) is 0 Å². The van der Waals surface area contributed by atoms with Gasteiger partial charge in [-0.15, -0.1) is 0 Å². The Labute approximate surface area is 135 Å². The first-order valence-electron chi connectivity index (χ1n) is 7.94. The molecule has 0 radical (unpaired) electrons. The van der Waals surface area contributed by atoms with Gasteiger partial charge in [0.1, 0.15) is 6.26 Å². The molecule has 1 aromatic heterocycles. The van der Waals surface area contributed by atoms with Gasteiger partial charge in [-0.2, -0.15) is 0 Å². The van der Waals surface area contributed by atoms with Gasteiger partial charge in [-0.05, 0) is 25.0 Å². The summed E-state index contributed by atoms with van der Waals surface area (Å²) in [4.78, 5) is 16.1. The van der Waals surface area contributed by atoms with Crippen LogP contribution in [-0.4, -0.2) is 36.8 Å². The lowest BCUT2D eigenvalue weighted by atomic mass is 10.2. The molecule has 0 saturated carbocycles. The minimum absolute atomic E-state index is 0.157. The zero-order chi connectivity index (χ0) is 15.9. The number of amides is 2. The van der Waals surface area contributed by atoms with Gasteiger partial charge < -0.3 is 19.8 Å². The Balaban J connectivity index is 1.39. The number of ether oxygens (including phenoxy) is 1. The maximum atomic E-state index is 11.7. The summed E-state index contributed by atoms with van der Waals surface area (Å²) in [6, 6.07) is 9.57. The molecule has 6 heteroatoms. The Morgan fingerprint density at radius 2 is 2.13 bits per heavy atom. The van der Waals surface area contributed by atoms with E-state index in [1.54, 1.807) is 6.26 Å². The molecule has 2 heterocycles. The second-order valence-corrected chi connectivity index (χ2v) is 5.53. The molecule has 2 N–H and O–H groups in total. The molecule has 122 valence electrons. The lowest BCUT2D eigenvalue weighted by molar-refractivity contribution is 0.111. The quantitative estimate of drug-likeness (QED) is 0.858. The molecular weight excluding hydrogens is 294 g/mol. The molecule has 0 spiro atoms. The Hall–Kier alpha value is -2.34. The molecule has 1 unspecified atom stereocenters. The van der Waals surface area contributed by atoms with E-state index in [1.165, 1.54) is 0 Å². The zero-order valence-corrected chi connectivity index (χ0v) is 13.0. The van der Waals surface area contributed by atoms with Crippen LogP contribution in [0.5, 0.6) is 0 Å². The van der Waals surface area contributed by atoms with Crippen LogP contribution in [-0.2, 0) is 11.2 Å². The lowest BCUT2D eigenvalue weighted by Crippen LogP contribution is -2.40. The number of oxazole rings is 1. The van der Waals surface area contributed by atoms with E-state index in [1.807, 2.05) is 30.3 Å². The van der Waals surface area contributed by atoms with E-state index in [9.17, 15) is 4.79 Å². The topological polar surface area (TPSA) is 76.4 Å². The molecule has 1 atom stereocenters. The van der Waals surface area contributed by atoms with Crippen molar-refractivity contribution < 1.29 is 13.9 Å². The molecule has 1 fully saturated rings. The van der Waals surface area contributed by atoms with Crippen LogP contribution >= 0.6 is 0 Å². The third kappa shape index (κ3) is 4.56. The van der Waals surface area contributed by atoms with Crippen molar-refractivity contribution in [1.29, 1.82) is 0 Å². The van der Waals surface area contributed by atoms with Crippen LogP contribution in [0.4, 0.5) is 4.79 Å². The maximum Gasteiger partial charge on any atom is 0.314 e. The van der Waals surface area contributed by atoms with E-state index >= 15 is 0 Å². The van der Waals surface area contributed by atoms with Gasteiger partial charge in [0.25, 0.3) is 0 Å². The Bertz CT molecular complexity index is 621. The maximum absolute atomic E-state index is 11.7. The minimum atomic E-state index is -0.174. The second kappa shape index (κ2) is 7.78. The molecular formula is C17H21N3O3. The van der Waals surface area contributed by atoms with Gasteiger partial charge in [-0.25, -0.2) is 9.78 Å². The molecule has 23 heavy (non-hydrogen) atoms. The van der Waals surface area contributed by atoms with E-state index in [0.29, 0.717) is 25.4 Å². The monoisotopic (exact) mass is 315 g/mol. The summed E-state index contributed by atoms with van der Waals surface area (Å²) >= 11 is 0. The van der Waals surface area contributed by atoms with E-state index in [-0.39, 0.29) is 12.1 Å². The average Bonchev–Trinajstić information content (AvgIpc) is 3.26. The molecule has 1 aromatic carbocycles. The van der Waals surface area contributed by atoms with Crippen LogP contribution < -0.4 is 10.6 Å². The minimum Gasteiger partial charge on any atom is -0.444 e. The van der Waals surface area contributed by atoms with Crippen molar-refractivity contribution in [3.8, 4) is 11.5 Å². The van der Waals surface area contributed by atoms with Gasteiger partial charge in [-0.1, -0.05) is 18.2 Å². The van der Waals surface area contributed by atoms with E-state index < -0.39 is 0 Å². The second-order valence-electron chi connectivity index (χ2n) is 5.53. The van der Waals surface area contributed by atoms with Crippen molar-refractivity contribution in [2.45, 2.75) is 25.4 Å². The van der Waals surface area contributed by atoms with Crippen molar-refractivity contribution in [3.05, 3.63) is 42.3 Å². The highest BCUT2D eigenvalue weighted by atomic mass is 16.5. The van der Waals surface area contributed by atoms with Crippen molar-refractivity contribution >= 4 is 6.03 Å². The van der Waals surface area contributed by atoms with Crippen LogP contribution in [0, 0.1) is 0 Å². The number of rotatable bonds is 6. The molecule has 0 aliphatic carbocycles. The van der Waals surface area contributed by atoms with Gasteiger partial charge >= 0.3 is 6.03 Å². The number of carbonyl (C=O) groups is 1. The summed E-state index contributed by atoms with van der Waals surface area (Å²) in [5.41, 5.74) is 1.77. The van der Waals surface area contributed by atoms with Crippen LogP contribution in [0.25, 0.3) is 11.5 Å². The highest BCUT2D eigenvalue weighted by Gasteiger charge is 2.15. The smallest absolute Gasteiger partial charge is 0.314 e. The molecule has 3 rings (SSSR count). The SMILES string of the molecule is O=C(NCCc1coc(-c2ccccc2)n1)NCC1CCCO1. The molecule has 1 aliphatic rings. The Morgan fingerprint density at radius 1 is 1.26 bits per heavy atom. The van der Waals surface area contributed by atoms with Crippen molar-refractivity contribution in [3.63, 3.8) is 0 Å². The van der Waals surface area contributed by atoms with Gasteiger partial charge in [0.2, 0.25) is 5.89 Å². The highest BCUT2D eigenvalue weighted by molar-refractivity contribution is 5.73. The number of hydrogen-bond acceptors (Lipinski definition) is 4. The molecule has 2 aromatic rings. The number of hydrogen-bond donors (Lipinski definition) is 2. The summed E-state index contributed by atoms with van der Waals surface area (Å²) in [7, 11) is 0. The first-order chi connectivity index (χ1) is 11.3. The molecule has 1 saturated heterocycles. The summed E-state index contributed by atoms with van der Waals surface area (Å²) in [5, 5.41) is 5.64. The third-order valence-electron chi connectivity index (χ3n) is 3.75. The number of urea groups is 1. The Kier molecular flexibility index (Phi) is 5.26. The van der Waals surface area contributed by atoms with Crippen LogP contribution in [0.1, 0.15) is 18.5 Å². The molecule has 0 bridgehead atoms.